The molecule has 0 radical (unpaired) electrons. The van der Waals surface area contributed by atoms with E-state index in [2.05, 4.69) is 67.0 Å². The van der Waals surface area contributed by atoms with Gasteiger partial charge in [0.05, 0.1) is 5.56 Å². The first kappa shape index (κ1) is 26.7. The minimum atomic E-state index is -0.439. The third kappa shape index (κ3) is 8.37. The molecule has 186 valence electrons. The van der Waals surface area contributed by atoms with E-state index in [-0.39, 0.29) is 40.6 Å². The molecule has 35 heavy (non-hydrogen) atoms. The predicted molar refractivity (Wildman–Crippen MR) is 139 cm³/mol. The van der Waals surface area contributed by atoms with Gasteiger partial charge < -0.3 is 14.8 Å². The average molecular weight is 517 g/mol. The molecule has 0 unspecified atom stereocenters. The molecular weight excluding hydrogens is 487 g/mol. The quantitative estimate of drug-likeness (QED) is 0.245. The molecule has 1 aromatic heterocycles. The Labute approximate surface area is 216 Å². The van der Waals surface area contributed by atoms with E-state index in [1.165, 1.54) is 5.56 Å². The molecule has 7 nitrogen and oxygen atoms in total. The van der Waals surface area contributed by atoms with E-state index in [1.807, 2.05) is 12.1 Å². The molecule has 0 fully saturated rings. The zero-order valence-electron chi connectivity index (χ0n) is 20.6. The van der Waals surface area contributed by atoms with Crippen molar-refractivity contribution in [2.75, 3.05) is 18.5 Å². The second-order valence-electron chi connectivity index (χ2n) is 10.0. The zero-order valence-corrected chi connectivity index (χ0v) is 22.1. The largest absolute Gasteiger partial charge is 0.490 e. The van der Waals surface area contributed by atoms with Gasteiger partial charge in [-0.2, -0.15) is 15.0 Å². The van der Waals surface area contributed by atoms with Crippen LogP contribution in [0.4, 0.5) is 11.6 Å². The van der Waals surface area contributed by atoms with E-state index in [1.54, 1.807) is 24.3 Å². The molecule has 9 heteroatoms. The first-order valence-electron chi connectivity index (χ1n) is 11.3. The van der Waals surface area contributed by atoms with Gasteiger partial charge in [-0.25, -0.2) is 4.79 Å². The van der Waals surface area contributed by atoms with Crippen molar-refractivity contribution in [3.05, 3.63) is 70.2 Å². The molecule has 0 amide bonds. The van der Waals surface area contributed by atoms with E-state index in [0.29, 0.717) is 11.3 Å². The fourth-order valence-electron chi connectivity index (χ4n) is 4.01. The number of halogens is 2. The number of carbonyl (C=O) groups is 1. The number of nitrogens with one attached hydrogen (secondary N) is 1. The van der Waals surface area contributed by atoms with Gasteiger partial charge in [0.1, 0.15) is 19.0 Å². The molecule has 0 atom stereocenters. The number of anilines is 2. The summed E-state index contributed by atoms with van der Waals surface area (Å²) in [6.07, 6.45) is 1.08. The summed E-state index contributed by atoms with van der Waals surface area (Å²) in [7, 11) is 0. The number of benzene rings is 2. The van der Waals surface area contributed by atoms with Crippen LogP contribution in [0.1, 0.15) is 57.0 Å². The van der Waals surface area contributed by atoms with Gasteiger partial charge in [-0.1, -0.05) is 46.8 Å². The summed E-state index contributed by atoms with van der Waals surface area (Å²) >= 11 is 11.5. The number of hydrogen-bond acceptors (Lipinski definition) is 7. The number of carbonyl (C=O) groups excluding carboxylic acids is 1. The van der Waals surface area contributed by atoms with Gasteiger partial charge in [-0.15, -0.1) is 0 Å². The molecule has 0 bridgehead atoms. The number of aromatic nitrogens is 3. The van der Waals surface area contributed by atoms with E-state index < -0.39 is 5.97 Å². The number of rotatable bonds is 9. The maximum absolute atomic E-state index is 12.3. The van der Waals surface area contributed by atoms with Crippen molar-refractivity contribution in [2.24, 2.45) is 5.41 Å². The molecule has 1 N–H and O–H groups in total. The van der Waals surface area contributed by atoms with Crippen molar-refractivity contribution < 1.29 is 14.3 Å². The number of esters is 1. The van der Waals surface area contributed by atoms with Crippen LogP contribution in [0.25, 0.3) is 0 Å². The van der Waals surface area contributed by atoms with E-state index in [0.717, 1.165) is 12.2 Å². The molecule has 3 aromatic rings. The Balaban J connectivity index is 1.45. The number of hydrogen-bond donors (Lipinski definition) is 1. The fourth-order valence-corrected chi connectivity index (χ4v) is 4.37. The monoisotopic (exact) mass is 516 g/mol. The first-order valence-corrected chi connectivity index (χ1v) is 12.0. The number of nitrogens with zero attached hydrogens (tertiary/aromatic N) is 3. The third-order valence-electron chi connectivity index (χ3n) is 5.15. The summed E-state index contributed by atoms with van der Waals surface area (Å²) in [5.41, 5.74) is 2.65. The standard InChI is InChI=1S/C26H30Cl2N4O3/c1-25(2,3)16-26(4,5)18-8-12-20(13-9-18)34-14-15-35-21(33)17-6-10-19(11-7-17)29-24-31-22(27)30-23(28)32-24/h6-13H,14-16H2,1-5H3,(H,29,30,31,32). The zero-order chi connectivity index (χ0) is 25.6. The summed E-state index contributed by atoms with van der Waals surface area (Å²) in [5.74, 6) is 0.504. The molecule has 0 aliphatic carbocycles. The van der Waals surface area contributed by atoms with Gasteiger partial charge in [0.25, 0.3) is 0 Å². The Morgan fingerprint density at radius 1 is 0.857 bits per heavy atom. The molecule has 0 saturated carbocycles. The summed E-state index contributed by atoms with van der Waals surface area (Å²) in [5, 5.41) is 2.91. The van der Waals surface area contributed by atoms with Crippen LogP contribution in [-0.2, 0) is 10.2 Å². The molecule has 0 saturated heterocycles. The summed E-state index contributed by atoms with van der Waals surface area (Å²) in [4.78, 5) is 23.9. The lowest BCUT2D eigenvalue weighted by molar-refractivity contribution is 0.0450. The maximum atomic E-state index is 12.3. The second kappa shape index (κ2) is 11.2. The Kier molecular flexibility index (Phi) is 8.56. The van der Waals surface area contributed by atoms with Crippen LogP contribution < -0.4 is 10.1 Å². The van der Waals surface area contributed by atoms with Crippen LogP contribution in [0.3, 0.4) is 0 Å². The Hall–Kier alpha value is -2.90. The maximum Gasteiger partial charge on any atom is 0.338 e. The fraction of sp³-hybridized carbons (Fsp3) is 0.385. The van der Waals surface area contributed by atoms with Gasteiger partial charge in [-0.3, -0.25) is 0 Å². The summed E-state index contributed by atoms with van der Waals surface area (Å²) < 4.78 is 11.1. The molecular formula is C26H30Cl2N4O3. The Morgan fingerprint density at radius 2 is 1.46 bits per heavy atom. The minimum absolute atomic E-state index is 0.0183. The predicted octanol–water partition coefficient (Wildman–Crippen LogP) is 6.87. The van der Waals surface area contributed by atoms with Gasteiger partial charge in [0, 0.05) is 5.69 Å². The van der Waals surface area contributed by atoms with Crippen LogP contribution >= 0.6 is 23.2 Å². The molecule has 0 aliphatic heterocycles. The van der Waals surface area contributed by atoms with Crippen LogP contribution in [0, 0.1) is 5.41 Å². The van der Waals surface area contributed by atoms with Crippen molar-refractivity contribution >= 4 is 40.8 Å². The summed E-state index contributed by atoms with van der Waals surface area (Å²) in [6.45, 7) is 11.7. The molecule has 2 aromatic carbocycles. The SMILES string of the molecule is CC(C)(C)CC(C)(C)c1ccc(OCCOC(=O)c2ccc(Nc3nc(Cl)nc(Cl)n3)cc2)cc1. The summed E-state index contributed by atoms with van der Waals surface area (Å²) in [6, 6.07) is 14.8. The van der Waals surface area contributed by atoms with Gasteiger partial charge in [0.15, 0.2) is 0 Å². The Bertz CT molecular complexity index is 1120. The smallest absolute Gasteiger partial charge is 0.338 e. The van der Waals surface area contributed by atoms with Gasteiger partial charge >= 0.3 is 5.97 Å². The average Bonchev–Trinajstić information content (AvgIpc) is 2.75. The van der Waals surface area contributed by atoms with Crippen molar-refractivity contribution in [1.82, 2.24) is 15.0 Å². The lowest BCUT2D eigenvalue weighted by Gasteiger charge is -2.33. The van der Waals surface area contributed by atoms with E-state index in [4.69, 9.17) is 32.7 Å². The van der Waals surface area contributed by atoms with Crippen molar-refractivity contribution in [3.8, 4) is 5.75 Å². The lowest BCUT2D eigenvalue weighted by Crippen LogP contribution is -2.24. The van der Waals surface area contributed by atoms with Crippen LogP contribution in [-0.4, -0.2) is 34.1 Å². The molecule has 0 spiro atoms. The van der Waals surface area contributed by atoms with E-state index in [9.17, 15) is 4.79 Å². The van der Waals surface area contributed by atoms with Crippen LogP contribution in [0.15, 0.2) is 48.5 Å². The molecule has 3 rings (SSSR count). The van der Waals surface area contributed by atoms with Gasteiger partial charge in [0.2, 0.25) is 16.5 Å². The van der Waals surface area contributed by atoms with Crippen LogP contribution in [0.5, 0.6) is 5.75 Å². The van der Waals surface area contributed by atoms with Gasteiger partial charge in [-0.05, 0) is 82.4 Å². The highest BCUT2D eigenvalue weighted by Crippen LogP contribution is 2.36. The van der Waals surface area contributed by atoms with Crippen molar-refractivity contribution in [2.45, 2.75) is 46.5 Å². The molecule has 0 aliphatic rings. The molecule has 1 heterocycles. The third-order valence-corrected chi connectivity index (χ3v) is 5.49. The lowest BCUT2D eigenvalue weighted by atomic mass is 9.72. The van der Waals surface area contributed by atoms with Crippen molar-refractivity contribution in [1.29, 1.82) is 0 Å². The highest BCUT2D eigenvalue weighted by Gasteiger charge is 2.27. The second-order valence-corrected chi connectivity index (χ2v) is 10.7. The normalized spacial score (nSPS) is 11.7. The first-order chi connectivity index (χ1) is 16.4. The van der Waals surface area contributed by atoms with E-state index >= 15 is 0 Å². The minimum Gasteiger partial charge on any atom is -0.490 e. The van der Waals surface area contributed by atoms with Crippen molar-refractivity contribution in [3.63, 3.8) is 0 Å². The van der Waals surface area contributed by atoms with Crippen LogP contribution in [0.2, 0.25) is 10.6 Å². The highest BCUT2D eigenvalue weighted by atomic mass is 35.5. The Morgan fingerprint density at radius 3 is 2.03 bits per heavy atom. The highest BCUT2D eigenvalue weighted by molar-refractivity contribution is 6.31. The number of ether oxygens (including phenoxy) is 2. The topological polar surface area (TPSA) is 86.2 Å².